The predicted molar refractivity (Wildman–Crippen MR) is 119 cm³/mol. The highest BCUT2D eigenvalue weighted by Gasteiger charge is 2.47. The molecule has 0 spiro atoms. The average molecular weight is 485 g/mol. The quantitative estimate of drug-likeness (QED) is 0.402. The first-order valence-electron chi connectivity index (χ1n) is 11.0. The number of aromatic nitrogens is 3. The monoisotopic (exact) mass is 485 g/mol. The number of nitrogens with two attached hydrogens (primary N) is 1. The largest absolute Gasteiger partial charge is 0.487 e. The number of hydrogen-bond donors (Lipinski definition) is 1. The maximum atomic E-state index is 14.7. The number of likely N-dealkylation sites (tertiary alicyclic amines) is 1. The Kier molecular flexibility index (Phi) is 4.51. The van der Waals surface area contributed by atoms with Crippen LogP contribution < -0.4 is 10.5 Å². The van der Waals surface area contributed by atoms with Crippen LogP contribution in [0.2, 0.25) is 0 Å². The number of anilines is 1. The van der Waals surface area contributed by atoms with Crippen LogP contribution in [-0.4, -0.2) is 44.0 Å². The van der Waals surface area contributed by atoms with Crippen molar-refractivity contribution in [3.63, 3.8) is 0 Å². The molecule has 0 bridgehead atoms. The predicted octanol–water partition coefficient (Wildman–Crippen LogP) is 4.48. The van der Waals surface area contributed by atoms with E-state index in [2.05, 4.69) is 9.97 Å². The van der Waals surface area contributed by atoms with Crippen LogP contribution in [0, 0.1) is 6.92 Å². The third kappa shape index (κ3) is 3.28. The van der Waals surface area contributed by atoms with Gasteiger partial charge >= 0.3 is 6.18 Å². The molecule has 180 valence electrons. The van der Waals surface area contributed by atoms with Crippen LogP contribution in [0.1, 0.15) is 39.8 Å². The van der Waals surface area contributed by atoms with Crippen LogP contribution in [0.4, 0.5) is 23.4 Å². The van der Waals surface area contributed by atoms with Gasteiger partial charge in [-0.2, -0.15) is 13.2 Å². The van der Waals surface area contributed by atoms with Crippen molar-refractivity contribution in [2.75, 3.05) is 12.3 Å². The number of carbonyl (C=O) groups excluding carboxylic acids is 1. The molecule has 3 atom stereocenters. The lowest BCUT2D eigenvalue weighted by molar-refractivity contribution is -0.137. The number of ether oxygens (including phenoxy) is 1. The number of hydrogen-bond acceptors (Lipinski definition) is 5. The normalized spacial score (nSPS) is 21.7. The van der Waals surface area contributed by atoms with Crippen LogP contribution in [0.3, 0.4) is 0 Å². The van der Waals surface area contributed by atoms with E-state index in [0.29, 0.717) is 33.8 Å². The molecule has 0 unspecified atom stereocenters. The van der Waals surface area contributed by atoms with E-state index >= 15 is 0 Å². The van der Waals surface area contributed by atoms with E-state index in [9.17, 15) is 22.4 Å². The standard InChI is InChI=1S/C24H19F4N5O2/c1-11-30-9-18-22(29)31-16-5-2-12(6-17(16)33(11)18)23(34)32-10-14(25)8-20-21(32)15-4-3-13(24(26,27)28)7-19(15)35-20/h2-7,9,14,20-21H,8,10H2,1H3,(H2,29,31)/t14-,20-,21-/m0/s1. The van der Waals surface area contributed by atoms with Gasteiger partial charge in [-0.3, -0.25) is 9.20 Å². The second-order valence-corrected chi connectivity index (χ2v) is 8.87. The number of aryl methyl sites for hydroxylation is 1. The van der Waals surface area contributed by atoms with Gasteiger partial charge in [-0.05, 0) is 37.3 Å². The lowest BCUT2D eigenvalue weighted by atomic mass is 9.92. The van der Waals surface area contributed by atoms with E-state index in [1.807, 2.05) is 0 Å². The van der Waals surface area contributed by atoms with E-state index in [1.165, 1.54) is 11.0 Å². The van der Waals surface area contributed by atoms with Gasteiger partial charge in [0.25, 0.3) is 5.91 Å². The van der Waals surface area contributed by atoms with Crippen molar-refractivity contribution in [2.45, 2.75) is 37.8 Å². The summed E-state index contributed by atoms with van der Waals surface area (Å²) >= 11 is 0. The Hall–Kier alpha value is -3.89. The van der Waals surface area contributed by atoms with Gasteiger partial charge in [0.1, 0.15) is 35.2 Å². The van der Waals surface area contributed by atoms with Gasteiger partial charge in [0, 0.05) is 17.5 Å². The Morgan fingerprint density at radius 2 is 1.97 bits per heavy atom. The van der Waals surface area contributed by atoms with Crippen LogP contribution in [0.15, 0.2) is 42.6 Å². The van der Waals surface area contributed by atoms with Crippen LogP contribution in [-0.2, 0) is 6.18 Å². The minimum Gasteiger partial charge on any atom is -0.487 e. The van der Waals surface area contributed by atoms with E-state index in [1.54, 1.807) is 35.7 Å². The van der Waals surface area contributed by atoms with Crippen LogP contribution >= 0.6 is 0 Å². The number of halogens is 4. The van der Waals surface area contributed by atoms with Crippen LogP contribution in [0.25, 0.3) is 16.6 Å². The number of carbonyl (C=O) groups is 1. The summed E-state index contributed by atoms with van der Waals surface area (Å²) in [5.74, 6) is 0.525. The van der Waals surface area contributed by atoms with Crippen LogP contribution in [0.5, 0.6) is 5.75 Å². The fraction of sp³-hybridized carbons (Fsp3) is 0.292. The fourth-order valence-corrected chi connectivity index (χ4v) is 5.11. The number of piperidine rings is 1. The molecule has 11 heteroatoms. The first-order valence-corrected chi connectivity index (χ1v) is 11.0. The lowest BCUT2D eigenvalue weighted by Crippen LogP contribution is -2.49. The molecule has 2 aliphatic rings. The second kappa shape index (κ2) is 7.30. The summed E-state index contributed by atoms with van der Waals surface area (Å²) in [4.78, 5) is 23.6. The van der Waals surface area contributed by atoms with Gasteiger partial charge in [0.2, 0.25) is 0 Å². The zero-order valence-electron chi connectivity index (χ0n) is 18.4. The van der Waals surface area contributed by atoms with Gasteiger partial charge < -0.3 is 15.4 Å². The van der Waals surface area contributed by atoms with E-state index in [4.69, 9.17) is 10.5 Å². The zero-order chi connectivity index (χ0) is 24.6. The van der Waals surface area contributed by atoms with Crippen molar-refractivity contribution in [1.29, 1.82) is 0 Å². The highest BCUT2D eigenvalue weighted by atomic mass is 19.4. The Bertz CT molecular complexity index is 1520. The summed E-state index contributed by atoms with van der Waals surface area (Å²) in [6.07, 6.45) is -5.10. The summed E-state index contributed by atoms with van der Waals surface area (Å²) in [7, 11) is 0. The van der Waals surface area contributed by atoms with Crippen molar-refractivity contribution >= 4 is 28.3 Å². The third-order valence-corrected chi connectivity index (χ3v) is 6.67. The Morgan fingerprint density at radius 1 is 1.17 bits per heavy atom. The van der Waals surface area contributed by atoms with Gasteiger partial charge in [0.15, 0.2) is 0 Å². The summed E-state index contributed by atoms with van der Waals surface area (Å²) in [5, 5.41) is 0. The van der Waals surface area contributed by atoms with Gasteiger partial charge in [-0.1, -0.05) is 6.07 Å². The summed E-state index contributed by atoms with van der Waals surface area (Å²) in [6, 6.07) is 7.37. The second-order valence-electron chi connectivity index (χ2n) is 8.87. The number of alkyl halides is 4. The van der Waals surface area contributed by atoms with Crippen molar-refractivity contribution in [3.8, 4) is 5.75 Å². The Morgan fingerprint density at radius 3 is 2.74 bits per heavy atom. The first kappa shape index (κ1) is 21.6. The molecule has 0 aliphatic carbocycles. The molecule has 4 heterocycles. The third-order valence-electron chi connectivity index (χ3n) is 6.67. The molecule has 2 N–H and O–H groups in total. The summed E-state index contributed by atoms with van der Waals surface area (Å²) in [5.41, 5.74) is 7.66. The maximum Gasteiger partial charge on any atom is 0.416 e. The fourth-order valence-electron chi connectivity index (χ4n) is 5.11. The molecule has 35 heavy (non-hydrogen) atoms. The molecule has 7 nitrogen and oxygen atoms in total. The highest BCUT2D eigenvalue weighted by molar-refractivity contribution is 5.98. The van der Waals surface area contributed by atoms with Gasteiger partial charge in [0.05, 0.1) is 35.4 Å². The number of fused-ring (bicyclic) bond motifs is 6. The van der Waals surface area contributed by atoms with E-state index in [0.717, 1.165) is 12.1 Å². The minimum atomic E-state index is -4.54. The average Bonchev–Trinajstić information content (AvgIpc) is 3.37. The molecule has 1 amide bonds. The first-order chi connectivity index (χ1) is 16.6. The lowest BCUT2D eigenvalue weighted by Gasteiger charge is -2.38. The number of rotatable bonds is 1. The molecule has 2 aromatic carbocycles. The zero-order valence-corrected chi connectivity index (χ0v) is 18.4. The molecule has 1 saturated heterocycles. The highest BCUT2D eigenvalue weighted by Crippen LogP contribution is 2.47. The molecule has 2 aliphatic heterocycles. The topological polar surface area (TPSA) is 85.8 Å². The number of nitrogen functional groups attached to an aromatic ring is 1. The Balaban J connectivity index is 1.43. The molecule has 6 rings (SSSR count). The molecule has 0 saturated carbocycles. The van der Waals surface area contributed by atoms with Crippen molar-refractivity contribution in [1.82, 2.24) is 19.3 Å². The van der Waals surface area contributed by atoms with Crippen molar-refractivity contribution < 1.29 is 27.1 Å². The van der Waals surface area contributed by atoms with Crippen molar-refractivity contribution in [3.05, 3.63) is 65.1 Å². The van der Waals surface area contributed by atoms with Gasteiger partial charge in [-0.25, -0.2) is 14.4 Å². The minimum absolute atomic E-state index is 0.0136. The number of nitrogens with zero attached hydrogens (tertiary/aromatic N) is 4. The molecule has 4 aromatic rings. The molecular formula is C24H19F4N5O2. The number of benzene rings is 2. The Labute approximate surface area is 196 Å². The van der Waals surface area contributed by atoms with Gasteiger partial charge in [-0.15, -0.1) is 0 Å². The smallest absolute Gasteiger partial charge is 0.416 e. The maximum absolute atomic E-state index is 14.7. The molecule has 1 fully saturated rings. The number of amides is 1. The van der Waals surface area contributed by atoms with Crippen molar-refractivity contribution in [2.24, 2.45) is 0 Å². The molecule has 2 aromatic heterocycles. The van der Waals surface area contributed by atoms with E-state index < -0.39 is 36.0 Å². The number of imidazole rings is 1. The summed E-state index contributed by atoms with van der Waals surface area (Å²) in [6.45, 7) is 1.60. The SMILES string of the molecule is Cc1ncc2c(N)nc3ccc(C(=O)N4C[C@@H](F)C[C@@H]5Oc6cc(C(F)(F)F)ccc6[C@@H]54)cc3n12. The summed E-state index contributed by atoms with van der Waals surface area (Å²) < 4.78 is 61.7. The van der Waals surface area contributed by atoms with E-state index in [-0.39, 0.29) is 24.3 Å². The molecule has 0 radical (unpaired) electrons. The molecular weight excluding hydrogens is 466 g/mol.